The highest BCUT2D eigenvalue weighted by molar-refractivity contribution is 7.83. The molecule has 0 aromatic rings. The van der Waals surface area contributed by atoms with E-state index in [4.69, 9.17) is 5.26 Å². The third kappa shape index (κ3) is 4.71. The molecule has 0 saturated carbocycles. The van der Waals surface area contributed by atoms with Gasteiger partial charge in [0.15, 0.2) is 0 Å². The molecule has 2 atom stereocenters. The summed E-state index contributed by atoms with van der Waals surface area (Å²) in [5, 5.41) is 12.1. The minimum Gasteiger partial charge on any atom is -0.319 e. The van der Waals surface area contributed by atoms with Gasteiger partial charge in [0.1, 0.15) is 6.04 Å². The minimum atomic E-state index is -2.98. The van der Waals surface area contributed by atoms with Gasteiger partial charge >= 0.3 is 0 Å². The number of hydrogen-bond donors (Lipinski definition) is 1. The Bertz CT molecular complexity index is 530. The fourth-order valence-electron chi connectivity index (χ4n) is 3.07. The first kappa shape index (κ1) is 19.2. The molecule has 1 N–H and O–H groups in total. The summed E-state index contributed by atoms with van der Waals surface area (Å²) in [7, 11) is -0.992. The molecule has 2 aliphatic rings. The van der Waals surface area contributed by atoms with E-state index in [-0.39, 0.29) is 17.8 Å². The average molecular weight is 362 g/mol. The number of carbonyl (C=O) groups is 1. The lowest BCUT2D eigenvalue weighted by molar-refractivity contribution is -0.131. The molecule has 2 rings (SSSR count). The van der Waals surface area contributed by atoms with E-state index in [1.807, 2.05) is 18.2 Å². The van der Waals surface area contributed by atoms with Crippen molar-refractivity contribution in [3.8, 4) is 6.07 Å². The second-order valence-electron chi connectivity index (χ2n) is 6.64. The van der Waals surface area contributed by atoms with Crippen LogP contribution in [0.1, 0.15) is 33.1 Å². The fourth-order valence-corrected chi connectivity index (χ4v) is 4.23. The van der Waals surface area contributed by atoms with Gasteiger partial charge in [-0.15, -0.1) is 0 Å². The predicted octanol–water partition coefficient (Wildman–Crippen LogP) is 0.872. The van der Waals surface area contributed by atoms with Gasteiger partial charge in [-0.3, -0.25) is 4.79 Å². The molecule has 0 aromatic carbocycles. The molecule has 2 unspecified atom stereocenters. The fraction of sp³-hybridized carbons (Fsp3) is 0.867. The molecule has 2 fully saturated rings. The lowest BCUT2D eigenvalue weighted by Crippen LogP contribution is -2.48. The number of alkyl halides is 2. The number of halogens is 2. The number of nitrogens with one attached hydrogen (secondary N) is 1. The van der Waals surface area contributed by atoms with Gasteiger partial charge in [-0.2, -0.15) is 5.26 Å². The number of likely N-dealkylation sites (tertiary alicyclic amines) is 1. The van der Waals surface area contributed by atoms with Gasteiger partial charge in [-0.05, 0) is 26.7 Å². The SMILES string of the molecule is CC(C)S(=O)N1CCC(NCC(=O)N2CC(F)(F)CC2C#N)CC1. The Labute approximate surface area is 143 Å². The zero-order valence-electron chi connectivity index (χ0n) is 14.0. The summed E-state index contributed by atoms with van der Waals surface area (Å²) in [6, 6.07) is 0.818. The van der Waals surface area contributed by atoms with Crippen molar-refractivity contribution in [3.63, 3.8) is 0 Å². The van der Waals surface area contributed by atoms with Gasteiger partial charge in [0.05, 0.1) is 30.1 Å². The van der Waals surface area contributed by atoms with Gasteiger partial charge < -0.3 is 10.2 Å². The first-order chi connectivity index (χ1) is 11.2. The van der Waals surface area contributed by atoms with E-state index in [1.165, 1.54) is 0 Å². The summed E-state index contributed by atoms with van der Waals surface area (Å²) in [5.41, 5.74) is 0. The molecule has 0 aromatic heterocycles. The van der Waals surface area contributed by atoms with Gasteiger partial charge in [-0.25, -0.2) is 17.3 Å². The maximum absolute atomic E-state index is 13.4. The first-order valence-corrected chi connectivity index (χ1v) is 9.36. The molecule has 2 saturated heterocycles. The Morgan fingerprint density at radius 1 is 1.42 bits per heavy atom. The summed E-state index contributed by atoms with van der Waals surface area (Å²) in [6.45, 7) is 4.45. The maximum Gasteiger partial charge on any atom is 0.268 e. The topological polar surface area (TPSA) is 76.4 Å². The van der Waals surface area contributed by atoms with E-state index in [2.05, 4.69) is 5.32 Å². The first-order valence-electron chi connectivity index (χ1n) is 8.19. The van der Waals surface area contributed by atoms with Gasteiger partial charge in [0, 0.05) is 30.8 Å². The molecule has 24 heavy (non-hydrogen) atoms. The molecule has 1 amide bonds. The van der Waals surface area contributed by atoms with Crippen LogP contribution in [-0.4, -0.2) is 68.8 Å². The quantitative estimate of drug-likeness (QED) is 0.787. The molecule has 0 bridgehead atoms. The number of nitriles is 1. The van der Waals surface area contributed by atoms with E-state index in [1.54, 1.807) is 6.07 Å². The lowest BCUT2D eigenvalue weighted by Gasteiger charge is -2.32. The number of piperidine rings is 1. The van der Waals surface area contributed by atoms with E-state index in [0.29, 0.717) is 13.1 Å². The molecule has 9 heteroatoms. The highest BCUT2D eigenvalue weighted by Crippen LogP contribution is 2.31. The predicted molar refractivity (Wildman–Crippen MR) is 86.6 cm³/mol. The standard InChI is InChI=1S/C15H24F2N4O2S/c1-11(2)24(23)20-5-3-12(4-6-20)19-9-14(22)21-10-15(16,17)7-13(21)8-18/h11-13,19H,3-7,9-10H2,1-2H3. The maximum atomic E-state index is 13.4. The van der Waals surface area contributed by atoms with E-state index in [9.17, 15) is 17.8 Å². The normalized spacial score (nSPS) is 26.5. The molecule has 2 heterocycles. The molecular weight excluding hydrogens is 338 g/mol. The van der Waals surface area contributed by atoms with Crippen LogP contribution in [-0.2, 0) is 15.8 Å². The van der Waals surface area contributed by atoms with Crippen LogP contribution in [0.15, 0.2) is 0 Å². The van der Waals surface area contributed by atoms with Crippen molar-refractivity contribution in [3.05, 3.63) is 0 Å². The van der Waals surface area contributed by atoms with E-state index >= 15 is 0 Å². The van der Waals surface area contributed by atoms with Gasteiger partial charge in [0.25, 0.3) is 5.92 Å². The second-order valence-corrected chi connectivity index (χ2v) is 8.65. The number of rotatable bonds is 5. The van der Waals surface area contributed by atoms with E-state index < -0.39 is 41.8 Å². The van der Waals surface area contributed by atoms with Crippen molar-refractivity contribution in [2.24, 2.45) is 0 Å². The molecule has 136 valence electrons. The third-order valence-electron chi connectivity index (χ3n) is 4.39. The zero-order chi connectivity index (χ0) is 17.9. The molecule has 6 nitrogen and oxygen atoms in total. The van der Waals surface area contributed by atoms with Crippen LogP contribution in [0.5, 0.6) is 0 Å². The van der Waals surface area contributed by atoms with Crippen molar-refractivity contribution in [1.29, 1.82) is 5.26 Å². The van der Waals surface area contributed by atoms with Crippen LogP contribution in [0, 0.1) is 11.3 Å². The van der Waals surface area contributed by atoms with Crippen molar-refractivity contribution in [1.82, 2.24) is 14.5 Å². The number of hydrogen-bond acceptors (Lipinski definition) is 4. The van der Waals surface area contributed by atoms with Crippen molar-refractivity contribution in [2.45, 2.75) is 56.4 Å². The molecule has 0 radical (unpaired) electrons. The van der Waals surface area contributed by atoms with Gasteiger partial charge in [0.2, 0.25) is 5.91 Å². The van der Waals surface area contributed by atoms with Crippen LogP contribution < -0.4 is 5.32 Å². The largest absolute Gasteiger partial charge is 0.319 e. The molecule has 0 aliphatic carbocycles. The Hall–Kier alpha value is -1.11. The number of nitrogens with zero attached hydrogens (tertiary/aromatic N) is 3. The molecular formula is C15H24F2N4O2S. The summed E-state index contributed by atoms with van der Waals surface area (Å²) in [5.74, 6) is -3.45. The molecule has 0 spiro atoms. The Balaban J connectivity index is 1.78. The average Bonchev–Trinajstić information content (AvgIpc) is 2.87. The number of carbonyl (C=O) groups excluding carboxylic acids is 1. The van der Waals surface area contributed by atoms with Crippen molar-refractivity contribution >= 4 is 16.9 Å². The van der Waals surface area contributed by atoms with Crippen LogP contribution in [0.3, 0.4) is 0 Å². The zero-order valence-corrected chi connectivity index (χ0v) is 14.8. The van der Waals surface area contributed by atoms with Crippen molar-refractivity contribution in [2.75, 3.05) is 26.2 Å². The second kappa shape index (κ2) is 7.85. The van der Waals surface area contributed by atoms with Gasteiger partial charge in [-0.1, -0.05) is 0 Å². The minimum absolute atomic E-state index is 0.0494. The number of amides is 1. The summed E-state index contributed by atoms with van der Waals surface area (Å²) in [6.07, 6.45) is 0.918. The summed E-state index contributed by atoms with van der Waals surface area (Å²) in [4.78, 5) is 13.1. The smallest absolute Gasteiger partial charge is 0.268 e. The van der Waals surface area contributed by atoms with Crippen molar-refractivity contribution < 1.29 is 17.8 Å². The Morgan fingerprint density at radius 2 is 2.04 bits per heavy atom. The van der Waals surface area contributed by atoms with E-state index in [0.717, 1.165) is 17.7 Å². The molecule has 2 aliphatic heterocycles. The van der Waals surface area contributed by atoms with Crippen LogP contribution in [0.2, 0.25) is 0 Å². The summed E-state index contributed by atoms with van der Waals surface area (Å²) < 4.78 is 40.7. The van der Waals surface area contributed by atoms with Crippen LogP contribution in [0.25, 0.3) is 0 Å². The lowest BCUT2D eigenvalue weighted by atomic mass is 10.1. The third-order valence-corrected chi connectivity index (χ3v) is 6.07. The summed E-state index contributed by atoms with van der Waals surface area (Å²) >= 11 is 0. The Kier molecular flexibility index (Phi) is 6.28. The van der Waals surface area contributed by atoms with Crippen LogP contribution in [0.4, 0.5) is 8.78 Å². The van der Waals surface area contributed by atoms with Crippen LogP contribution >= 0.6 is 0 Å². The Morgan fingerprint density at radius 3 is 2.58 bits per heavy atom. The highest BCUT2D eigenvalue weighted by atomic mass is 32.2. The monoisotopic (exact) mass is 362 g/mol. The highest BCUT2D eigenvalue weighted by Gasteiger charge is 2.47.